The summed E-state index contributed by atoms with van der Waals surface area (Å²) in [6.45, 7) is 2.25. The zero-order valence-electron chi connectivity index (χ0n) is 10.1. The van der Waals surface area contributed by atoms with Crippen LogP contribution in [0.2, 0.25) is 0 Å². The fourth-order valence-electron chi connectivity index (χ4n) is 2.25. The highest BCUT2D eigenvalue weighted by Crippen LogP contribution is 2.23. The molecular formula is C12H19N3O2. The van der Waals surface area contributed by atoms with Gasteiger partial charge in [-0.3, -0.25) is 20.4 Å². The second-order valence-electron chi connectivity index (χ2n) is 4.93. The van der Waals surface area contributed by atoms with Gasteiger partial charge in [-0.15, -0.1) is 0 Å². The Labute approximate surface area is 101 Å². The summed E-state index contributed by atoms with van der Waals surface area (Å²) in [5.74, 6) is 0.534. The minimum Gasteiger partial charge on any atom is -0.348 e. The van der Waals surface area contributed by atoms with Crippen LogP contribution in [0.1, 0.15) is 39.0 Å². The number of hydrogen-bond acceptors (Lipinski definition) is 3. The monoisotopic (exact) mass is 237 g/mol. The summed E-state index contributed by atoms with van der Waals surface area (Å²) in [5.41, 5.74) is 5.50. The Bertz CT molecular complexity index is 344. The summed E-state index contributed by atoms with van der Waals surface area (Å²) < 4.78 is 0. The van der Waals surface area contributed by atoms with Crippen molar-refractivity contribution in [2.45, 2.75) is 45.1 Å². The molecule has 2 aliphatic rings. The van der Waals surface area contributed by atoms with Gasteiger partial charge in [0.15, 0.2) is 0 Å². The first-order valence-electron chi connectivity index (χ1n) is 6.21. The van der Waals surface area contributed by atoms with E-state index in [0.717, 1.165) is 18.8 Å². The van der Waals surface area contributed by atoms with Crippen LogP contribution in [-0.2, 0) is 9.59 Å². The maximum atomic E-state index is 11.9. The lowest BCUT2D eigenvalue weighted by Gasteiger charge is -2.27. The molecule has 1 saturated carbocycles. The van der Waals surface area contributed by atoms with Gasteiger partial charge in [0.25, 0.3) is 5.91 Å². The van der Waals surface area contributed by atoms with E-state index >= 15 is 0 Å². The van der Waals surface area contributed by atoms with Crippen LogP contribution >= 0.6 is 0 Å². The van der Waals surface area contributed by atoms with Crippen molar-refractivity contribution >= 4 is 11.8 Å². The van der Waals surface area contributed by atoms with E-state index in [1.54, 1.807) is 6.08 Å². The van der Waals surface area contributed by atoms with Crippen LogP contribution in [0.15, 0.2) is 11.8 Å². The fourth-order valence-corrected chi connectivity index (χ4v) is 2.25. The number of carbonyl (C=O) groups is 2. The lowest BCUT2D eigenvalue weighted by atomic mass is 9.87. The lowest BCUT2D eigenvalue weighted by molar-refractivity contribution is -0.122. The second kappa shape index (κ2) is 5.21. The van der Waals surface area contributed by atoms with Gasteiger partial charge in [-0.2, -0.15) is 0 Å². The van der Waals surface area contributed by atoms with Gasteiger partial charge in [0.2, 0.25) is 5.91 Å². The van der Waals surface area contributed by atoms with E-state index < -0.39 is 0 Å². The molecule has 2 rings (SSSR count). The molecule has 1 aliphatic heterocycles. The molecule has 3 N–H and O–H groups in total. The maximum Gasteiger partial charge on any atom is 0.269 e. The molecule has 5 nitrogen and oxygen atoms in total. The van der Waals surface area contributed by atoms with Gasteiger partial charge in [-0.25, -0.2) is 0 Å². The summed E-state index contributed by atoms with van der Waals surface area (Å²) in [6, 6.07) is 0.277. The van der Waals surface area contributed by atoms with Crippen molar-refractivity contribution in [2.75, 3.05) is 0 Å². The van der Waals surface area contributed by atoms with Crippen molar-refractivity contribution in [2.24, 2.45) is 5.92 Å². The van der Waals surface area contributed by atoms with Crippen molar-refractivity contribution in [3.8, 4) is 0 Å². The predicted molar refractivity (Wildman–Crippen MR) is 63.5 cm³/mol. The lowest BCUT2D eigenvalue weighted by Crippen LogP contribution is -2.47. The van der Waals surface area contributed by atoms with Gasteiger partial charge in [-0.05, 0) is 37.7 Å². The quantitative estimate of drug-likeness (QED) is 0.658. The molecule has 0 atom stereocenters. The summed E-state index contributed by atoms with van der Waals surface area (Å²) in [4.78, 5) is 22.8. The largest absolute Gasteiger partial charge is 0.348 e. The van der Waals surface area contributed by atoms with Gasteiger partial charge < -0.3 is 5.32 Å². The van der Waals surface area contributed by atoms with Crippen LogP contribution in [0.25, 0.3) is 0 Å². The summed E-state index contributed by atoms with van der Waals surface area (Å²) >= 11 is 0. The Kier molecular flexibility index (Phi) is 3.66. The van der Waals surface area contributed by atoms with E-state index in [1.165, 1.54) is 12.8 Å². The molecule has 5 heteroatoms. The molecule has 0 aromatic heterocycles. The number of hydrogen-bond donors (Lipinski definition) is 3. The fraction of sp³-hybridized carbons (Fsp3) is 0.667. The molecule has 2 amide bonds. The number of hydrazine groups is 1. The van der Waals surface area contributed by atoms with Crippen LogP contribution < -0.4 is 16.2 Å². The molecule has 1 fully saturated rings. The molecule has 0 aromatic rings. The molecule has 0 saturated heterocycles. The SMILES string of the molecule is CC1CCC(NC(=O)C2=CCC(=O)NN2)CC1. The Hall–Kier alpha value is -1.52. The van der Waals surface area contributed by atoms with Gasteiger partial charge in [0.05, 0.1) is 0 Å². The number of amides is 2. The molecule has 1 heterocycles. The molecule has 0 aromatic carbocycles. The Morgan fingerprint density at radius 2 is 2.00 bits per heavy atom. The third-order valence-corrected chi connectivity index (χ3v) is 3.42. The predicted octanol–water partition coefficient (Wildman–Crippen LogP) is 0.590. The van der Waals surface area contributed by atoms with Gasteiger partial charge >= 0.3 is 0 Å². The Balaban J connectivity index is 1.83. The van der Waals surface area contributed by atoms with Crippen molar-refractivity contribution < 1.29 is 9.59 Å². The van der Waals surface area contributed by atoms with E-state index in [9.17, 15) is 9.59 Å². The van der Waals surface area contributed by atoms with Crippen LogP contribution in [0.3, 0.4) is 0 Å². The van der Waals surface area contributed by atoms with Crippen molar-refractivity contribution in [1.29, 1.82) is 0 Å². The molecular weight excluding hydrogens is 218 g/mol. The van der Waals surface area contributed by atoms with E-state index in [0.29, 0.717) is 5.70 Å². The highest BCUT2D eigenvalue weighted by molar-refractivity contribution is 5.95. The number of nitrogens with one attached hydrogen (secondary N) is 3. The highest BCUT2D eigenvalue weighted by atomic mass is 16.2. The average Bonchev–Trinajstić information content (AvgIpc) is 2.33. The van der Waals surface area contributed by atoms with Crippen LogP contribution in [0.5, 0.6) is 0 Å². The zero-order chi connectivity index (χ0) is 12.3. The third-order valence-electron chi connectivity index (χ3n) is 3.42. The molecule has 17 heavy (non-hydrogen) atoms. The minimum atomic E-state index is -0.121. The van der Waals surface area contributed by atoms with Crippen molar-refractivity contribution in [3.63, 3.8) is 0 Å². The Morgan fingerprint density at radius 3 is 2.59 bits per heavy atom. The summed E-state index contributed by atoms with van der Waals surface area (Å²) in [5, 5.41) is 3.00. The van der Waals surface area contributed by atoms with E-state index in [-0.39, 0.29) is 24.3 Å². The Morgan fingerprint density at radius 1 is 1.29 bits per heavy atom. The maximum absolute atomic E-state index is 11.9. The van der Waals surface area contributed by atoms with E-state index in [4.69, 9.17) is 0 Å². The smallest absolute Gasteiger partial charge is 0.269 e. The molecule has 0 unspecified atom stereocenters. The van der Waals surface area contributed by atoms with Crippen molar-refractivity contribution in [3.05, 3.63) is 11.8 Å². The first-order valence-corrected chi connectivity index (χ1v) is 6.21. The van der Waals surface area contributed by atoms with Crippen LogP contribution in [0, 0.1) is 5.92 Å². The molecule has 1 aliphatic carbocycles. The van der Waals surface area contributed by atoms with Gasteiger partial charge in [-0.1, -0.05) is 6.92 Å². The normalized spacial score (nSPS) is 28.8. The summed E-state index contributed by atoms with van der Waals surface area (Å²) in [7, 11) is 0. The number of carbonyl (C=O) groups excluding carboxylic acids is 2. The van der Waals surface area contributed by atoms with E-state index in [2.05, 4.69) is 23.1 Å². The third kappa shape index (κ3) is 3.22. The first kappa shape index (κ1) is 12.0. The molecule has 94 valence electrons. The highest BCUT2D eigenvalue weighted by Gasteiger charge is 2.22. The molecule has 0 radical (unpaired) electrons. The van der Waals surface area contributed by atoms with Crippen molar-refractivity contribution in [1.82, 2.24) is 16.2 Å². The van der Waals surface area contributed by atoms with Gasteiger partial charge in [0, 0.05) is 12.5 Å². The first-order chi connectivity index (χ1) is 8.15. The molecule has 0 bridgehead atoms. The summed E-state index contributed by atoms with van der Waals surface area (Å²) in [6.07, 6.45) is 6.33. The average molecular weight is 237 g/mol. The van der Waals surface area contributed by atoms with E-state index in [1.807, 2.05) is 0 Å². The topological polar surface area (TPSA) is 70.2 Å². The minimum absolute atomic E-state index is 0.118. The number of rotatable bonds is 2. The molecule has 0 spiro atoms. The van der Waals surface area contributed by atoms with Crippen LogP contribution in [0.4, 0.5) is 0 Å². The van der Waals surface area contributed by atoms with Crippen LogP contribution in [-0.4, -0.2) is 17.9 Å². The zero-order valence-corrected chi connectivity index (χ0v) is 10.1. The van der Waals surface area contributed by atoms with Gasteiger partial charge in [0.1, 0.15) is 5.70 Å². The standard InChI is InChI=1S/C12H19N3O2/c1-8-2-4-9(5-3-8)13-12(17)10-6-7-11(16)15-14-10/h6,8-9,14H,2-5,7H2,1H3,(H,13,17)(H,15,16). The second-order valence-corrected chi connectivity index (χ2v) is 4.93.